The normalized spacial score (nSPS) is 13.7. The number of rotatable bonds is 2. The Hall–Kier alpha value is -2.15. The molecule has 0 saturated heterocycles. The molecule has 0 aromatic heterocycles. The van der Waals surface area contributed by atoms with Crippen molar-refractivity contribution in [1.82, 2.24) is 0 Å². The van der Waals surface area contributed by atoms with E-state index in [9.17, 15) is 0 Å². The van der Waals surface area contributed by atoms with Crippen LogP contribution in [0.25, 0.3) is 17.2 Å². The van der Waals surface area contributed by atoms with Gasteiger partial charge in [-0.3, -0.25) is 4.99 Å². The van der Waals surface area contributed by atoms with Gasteiger partial charge in [0.1, 0.15) is 0 Å². The molecule has 1 aliphatic rings. The van der Waals surface area contributed by atoms with Crippen LogP contribution in [0.4, 0.5) is 0 Å². The van der Waals surface area contributed by atoms with Crippen LogP contribution in [-0.2, 0) is 6.54 Å². The highest BCUT2D eigenvalue weighted by Crippen LogP contribution is 2.26. The smallest absolute Gasteiger partial charge is 0.0649 e. The van der Waals surface area contributed by atoms with Gasteiger partial charge in [-0.1, -0.05) is 48.6 Å². The summed E-state index contributed by atoms with van der Waals surface area (Å²) in [7, 11) is 0. The van der Waals surface area contributed by atoms with Crippen LogP contribution in [0.5, 0.6) is 0 Å². The average Bonchev–Trinajstić information content (AvgIpc) is 2.81. The van der Waals surface area contributed by atoms with E-state index in [0.717, 1.165) is 12.3 Å². The molecule has 0 aliphatic carbocycles. The maximum Gasteiger partial charge on any atom is 0.0649 e. The number of hydrogen-bond donors (Lipinski definition) is 0. The fraction of sp³-hybridized carbons (Fsp3) is 0.167. The van der Waals surface area contributed by atoms with E-state index < -0.39 is 0 Å². The minimum atomic E-state index is 0.825. The number of hydrogen-bond acceptors (Lipinski definition) is 1. The van der Waals surface area contributed by atoms with E-state index in [0.29, 0.717) is 0 Å². The molecule has 0 atom stereocenters. The first-order valence-electron chi connectivity index (χ1n) is 6.65. The Balaban J connectivity index is 1.95. The molecule has 1 aliphatic heterocycles. The summed E-state index contributed by atoms with van der Waals surface area (Å²) in [6.45, 7) is 4.94. The van der Waals surface area contributed by atoms with Crippen LogP contribution in [-0.4, -0.2) is 5.71 Å². The van der Waals surface area contributed by atoms with Crippen LogP contribution in [0.15, 0.2) is 53.5 Å². The third-order valence-corrected chi connectivity index (χ3v) is 3.58. The molecule has 1 heteroatoms. The number of fused-ring (bicyclic) bond motifs is 1. The predicted octanol–water partition coefficient (Wildman–Crippen LogP) is 4.71. The summed E-state index contributed by atoms with van der Waals surface area (Å²) < 4.78 is 0. The van der Waals surface area contributed by atoms with Gasteiger partial charge in [-0.15, -0.1) is 0 Å². The van der Waals surface area contributed by atoms with E-state index in [1.54, 1.807) is 0 Å². The average molecular weight is 247 g/mol. The molecule has 0 amide bonds. The van der Waals surface area contributed by atoms with Gasteiger partial charge in [0.2, 0.25) is 0 Å². The van der Waals surface area contributed by atoms with E-state index in [-0.39, 0.29) is 0 Å². The SMILES string of the molecule is CC=Cc1ccc(-c2ccc3c(c2)CN=C3C)cc1. The quantitative estimate of drug-likeness (QED) is 0.728. The molecule has 19 heavy (non-hydrogen) atoms. The van der Waals surface area contributed by atoms with Gasteiger partial charge in [0.25, 0.3) is 0 Å². The van der Waals surface area contributed by atoms with Crippen molar-refractivity contribution in [2.45, 2.75) is 20.4 Å². The zero-order valence-corrected chi connectivity index (χ0v) is 11.4. The topological polar surface area (TPSA) is 12.4 Å². The summed E-state index contributed by atoms with van der Waals surface area (Å²) in [5, 5.41) is 0. The second kappa shape index (κ2) is 4.85. The van der Waals surface area contributed by atoms with E-state index in [2.05, 4.69) is 66.5 Å². The van der Waals surface area contributed by atoms with Gasteiger partial charge in [0.05, 0.1) is 6.54 Å². The van der Waals surface area contributed by atoms with Crippen molar-refractivity contribution in [2.24, 2.45) is 4.99 Å². The third kappa shape index (κ3) is 2.24. The first-order valence-corrected chi connectivity index (χ1v) is 6.65. The zero-order chi connectivity index (χ0) is 13.2. The van der Waals surface area contributed by atoms with Crippen molar-refractivity contribution in [1.29, 1.82) is 0 Å². The molecule has 0 bridgehead atoms. The highest BCUT2D eigenvalue weighted by molar-refractivity contribution is 6.02. The number of allylic oxidation sites excluding steroid dienone is 1. The van der Waals surface area contributed by atoms with Crippen molar-refractivity contribution < 1.29 is 0 Å². The highest BCUT2D eigenvalue weighted by Gasteiger charge is 2.12. The van der Waals surface area contributed by atoms with Crippen molar-refractivity contribution >= 4 is 11.8 Å². The van der Waals surface area contributed by atoms with Gasteiger partial charge in [-0.05, 0) is 42.2 Å². The second-order valence-corrected chi connectivity index (χ2v) is 4.90. The first kappa shape index (κ1) is 11.9. The zero-order valence-electron chi connectivity index (χ0n) is 11.4. The van der Waals surface area contributed by atoms with Crippen LogP contribution in [0.1, 0.15) is 30.5 Å². The lowest BCUT2D eigenvalue weighted by Gasteiger charge is -2.06. The minimum Gasteiger partial charge on any atom is -0.285 e. The lowest BCUT2D eigenvalue weighted by Crippen LogP contribution is -1.91. The molecule has 2 aromatic carbocycles. The Labute approximate surface area is 114 Å². The van der Waals surface area contributed by atoms with Crippen LogP contribution in [0.3, 0.4) is 0 Å². The molecule has 0 N–H and O–H groups in total. The van der Waals surface area contributed by atoms with E-state index in [4.69, 9.17) is 0 Å². The fourth-order valence-electron chi connectivity index (χ4n) is 2.53. The van der Waals surface area contributed by atoms with Crippen molar-refractivity contribution in [3.63, 3.8) is 0 Å². The number of nitrogens with zero attached hydrogens (tertiary/aromatic N) is 1. The van der Waals surface area contributed by atoms with Gasteiger partial charge in [0.15, 0.2) is 0 Å². The largest absolute Gasteiger partial charge is 0.285 e. The Morgan fingerprint density at radius 1 is 1.00 bits per heavy atom. The Morgan fingerprint density at radius 2 is 1.74 bits per heavy atom. The van der Waals surface area contributed by atoms with Crippen LogP contribution >= 0.6 is 0 Å². The van der Waals surface area contributed by atoms with E-state index >= 15 is 0 Å². The second-order valence-electron chi connectivity index (χ2n) is 4.90. The summed E-state index contributed by atoms with van der Waals surface area (Å²) in [5.74, 6) is 0. The van der Waals surface area contributed by atoms with Gasteiger partial charge in [-0.25, -0.2) is 0 Å². The molecule has 0 radical (unpaired) electrons. The number of aliphatic imine (C=N–C) groups is 1. The Bertz CT molecular complexity index is 661. The van der Waals surface area contributed by atoms with E-state index in [1.807, 2.05) is 6.92 Å². The first-order chi connectivity index (χ1) is 9.28. The maximum atomic E-state index is 4.48. The molecule has 3 rings (SSSR count). The fourth-order valence-corrected chi connectivity index (χ4v) is 2.53. The lowest BCUT2D eigenvalue weighted by atomic mass is 9.98. The van der Waals surface area contributed by atoms with Gasteiger partial charge >= 0.3 is 0 Å². The van der Waals surface area contributed by atoms with Crippen LogP contribution in [0, 0.1) is 0 Å². The Kier molecular flexibility index (Phi) is 3.04. The third-order valence-electron chi connectivity index (χ3n) is 3.58. The standard InChI is InChI=1S/C18H17N/c1-3-4-14-5-7-15(8-6-14)16-9-10-18-13(2)19-12-17(18)11-16/h3-11H,12H2,1-2H3. The van der Waals surface area contributed by atoms with Crippen LogP contribution < -0.4 is 0 Å². The highest BCUT2D eigenvalue weighted by atomic mass is 14.8. The summed E-state index contributed by atoms with van der Waals surface area (Å²) >= 11 is 0. The molecule has 2 aromatic rings. The molecule has 1 nitrogen and oxygen atoms in total. The molecule has 0 unspecified atom stereocenters. The minimum absolute atomic E-state index is 0.825. The van der Waals surface area contributed by atoms with Crippen molar-refractivity contribution in [3.05, 3.63) is 65.2 Å². The van der Waals surface area contributed by atoms with Crippen molar-refractivity contribution in [2.75, 3.05) is 0 Å². The summed E-state index contributed by atoms with van der Waals surface area (Å²) in [6.07, 6.45) is 4.17. The van der Waals surface area contributed by atoms with E-state index in [1.165, 1.54) is 27.8 Å². The predicted molar refractivity (Wildman–Crippen MR) is 82.5 cm³/mol. The van der Waals surface area contributed by atoms with Gasteiger partial charge in [0, 0.05) is 11.3 Å². The molecular weight excluding hydrogens is 230 g/mol. The summed E-state index contributed by atoms with van der Waals surface area (Å²) in [5.41, 5.74) is 7.58. The summed E-state index contributed by atoms with van der Waals surface area (Å²) in [6, 6.07) is 15.3. The van der Waals surface area contributed by atoms with Gasteiger partial charge in [-0.2, -0.15) is 0 Å². The van der Waals surface area contributed by atoms with Gasteiger partial charge < -0.3 is 0 Å². The molecule has 1 heterocycles. The molecule has 94 valence electrons. The summed E-state index contributed by atoms with van der Waals surface area (Å²) in [4.78, 5) is 4.48. The molecule has 0 spiro atoms. The van der Waals surface area contributed by atoms with Crippen LogP contribution in [0.2, 0.25) is 0 Å². The molecular formula is C18H17N. The molecule has 0 saturated carbocycles. The Morgan fingerprint density at radius 3 is 2.47 bits per heavy atom. The maximum absolute atomic E-state index is 4.48. The lowest BCUT2D eigenvalue weighted by molar-refractivity contribution is 1.11. The van der Waals surface area contributed by atoms with Crippen molar-refractivity contribution in [3.8, 4) is 11.1 Å². The number of benzene rings is 2. The molecule has 0 fully saturated rings. The monoisotopic (exact) mass is 247 g/mol.